The summed E-state index contributed by atoms with van der Waals surface area (Å²) in [6, 6.07) is 12.1. The molecular weight excluding hydrogens is 414 g/mol. The third-order valence-electron chi connectivity index (χ3n) is 5.16. The highest BCUT2D eigenvalue weighted by Crippen LogP contribution is 2.30. The third kappa shape index (κ3) is 5.84. The standard InChI is InChI=1S/C23H33N3O4S/c1-6-25(7-2)22-14-13-20(31(28,29)26(8-3)9-4)16-21(22)24-23(27)19-12-10-11-18(15-19)17-30-5/h10-16H,6-9,17H2,1-5H3,(H,24,27). The Balaban J connectivity index is 2.49. The molecule has 2 rings (SSSR count). The van der Waals surface area contributed by atoms with Crippen molar-refractivity contribution in [2.75, 3.05) is 43.5 Å². The average Bonchev–Trinajstić information content (AvgIpc) is 2.76. The lowest BCUT2D eigenvalue weighted by atomic mass is 10.1. The average molecular weight is 448 g/mol. The molecule has 0 radical (unpaired) electrons. The van der Waals surface area contributed by atoms with Crippen molar-refractivity contribution in [3.8, 4) is 0 Å². The smallest absolute Gasteiger partial charge is 0.255 e. The van der Waals surface area contributed by atoms with Crippen molar-refractivity contribution in [2.45, 2.75) is 39.2 Å². The van der Waals surface area contributed by atoms with E-state index >= 15 is 0 Å². The fourth-order valence-corrected chi connectivity index (χ4v) is 4.98. The fourth-order valence-electron chi connectivity index (χ4n) is 3.49. The summed E-state index contributed by atoms with van der Waals surface area (Å²) >= 11 is 0. The van der Waals surface area contributed by atoms with E-state index in [0.717, 1.165) is 24.3 Å². The van der Waals surface area contributed by atoms with E-state index in [1.54, 1.807) is 57.4 Å². The predicted molar refractivity (Wildman–Crippen MR) is 125 cm³/mol. The van der Waals surface area contributed by atoms with Crippen LogP contribution in [-0.4, -0.2) is 51.9 Å². The normalized spacial score (nSPS) is 11.5. The molecule has 0 aromatic heterocycles. The van der Waals surface area contributed by atoms with Gasteiger partial charge in [0.1, 0.15) is 0 Å². The molecule has 7 nitrogen and oxygen atoms in total. The molecule has 2 aromatic carbocycles. The van der Waals surface area contributed by atoms with Gasteiger partial charge in [-0.2, -0.15) is 4.31 Å². The summed E-state index contributed by atoms with van der Waals surface area (Å²) in [5.74, 6) is -0.302. The van der Waals surface area contributed by atoms with Crippen LogP contribution in [0.2, 0.25) is 0 Å². The van der Waals surface area contributed by atoms with Gasteiger partial charge < -0.3 is 15.0 Å². The van der Waals surface area contributed by atoms with E-state index in [1.807, 2.05) is 19.9 Å². The van der Waals surface area contributed by atoms with Gasteiger partial charge in [0.15, 0.2) is 0 Å². The minimum absolute atomic E-state index is 0.163. The molecule has 2 aromatic rings. The van der Waals surface area contributed by atoms with E-state index in [9.17, 15) is 13.2 Å². The van der Waals surface area contributed by atoms with E-state index < -0.39 is 10.0 Å². The summed E-state index contributed by atoms with van der Waals surface area (Å²) in [6.45, 7) is 10.3. The van der Waals surface area contributed by atoms with Crippen molar-refractivity contribution < 1.29 is 17.9 Å². The molecule has 0 aliphatic carbocycles. The maximum absolute atomic E-state index is 13.0. The minimum Gasteiger partial charge on any atom is -0.380 e. The Morgan fingerprint density at radius 1 is 0.968 bits per heavy atom. The van der Waals surface area contributed by atoms with Crippen LogP contribution in [0.25, 0.3) is 0 Å². The van der Waals surface area contributed by atoms with Gasteiger partial charge in [0.2, 0.25) is 10.0 Å². The summed E-state index contributed by atoms with van der Waals surface area (Å²) in [5, 5.41) is 2.93. The molecule has 8 heteroatoms. The molecule has 0 fully saturated rings. The molecule has 1 N–H and O–H groups in total. The van der Waals surface area contributed by atoms with Crippen LogP contribution in [0.5, 0.6) is 0 Å². The molecule has 1 amide bonds. The van der Waals surface area contributed by atoms with Crippen molar-refractivity contribution >= 4 is 27.3 Å². The first-order valence-corrected chi connectivity index (χ1v) is 12.0. The van der Waals surface area contributed by atoms with Gasteiger partial charge in [0, 0.05) is 38.9 Å². The van der Waals surface area contributed by atoms with Crippen LogP contribution in [0.3, 0.4) is 0 Å². The lowest BCUT2D eigenvalue weighted by molar-refractivity contribution is 0.102. The van der Waals surface area contributed by atoms with Gasteiger partial charge in [-0.15, -0.1) is 0 Å². The highest BCUT2D eigenvalue weighted by Gasteiger charge is 2.24. The van der Waals surface area contributed by atoms with E-state index in [2.05, 4.69) is 10.2 Å². The molecule has 0 saturated heterocycles. The Morgan fingerprint density at radius 3 is 2.23 bits per heavy atom. The zero-order valence-corrected chi connectivity index (χ0v) is 19.8. The van der Waals surface area contributed by atoms with Gasteiger partial charge in [0.05, 0.1) is 22.9 Å². The second-order valence-corrected chi connectivity index (χ2v) is 8.97. The third-order valence-corrected chi connectivity index (χ3v) is 7.21. The van der Waals surface area contributed by atoms with Gasteiger partial charge in [-0.1, -0.05) is 26.0 Å². The van der Waals surface area contributed by atoms with Crippen molar-refractivity contribution in [1.82, 2.24) is 4.31 Å². The number of amides is 1. The molecule has 0 bridgehead atoms. The van der Waals surface area contributed by atoms with Crippen LogP contribution in [0.1, 0.15) is 43.6 Å². The number of hydrogen-bond donors (Lipinski definition) is 1. The Hall–Kier alpha value is -2.42. The first kappa shape index (κ1) is 24.8. The summed E-state index contributed by atoms with van der Waals surface area (Å²) in [4.78, 5) is 15.2. The number of methoxy groups -OCH3 is 1. The quantitative estimate of drug-likeness (QED) is 0.564. The Labute approximate surface area is 186 Å². The lowest BCUT2D eigenvalue weighted by Gasteiger charge is -2.26. The van der Waals surface area contributed by atoms with Crippen molar-refractivity contribution in [3.05, 3.63) is 53.6 Å². The number of nitrogens with zero attached hydrogens (tertiary/aromatic N) is 2. The van der Waals surface area contributed by atoms with Crippen LogP contribution in [0, 0.1) is 0 Å². The van der Waals surface area contributed by atoms with E-state index in [0.29, 0.717) is 30.9 Å². The van der Waals surface area contributed by atoms with Crippen LogP contribution >= 0.6 is 0 Å². The number of anilines is 2. The van der Waals surface area contributed by atoms with Crippen LogP contribution in [-0.2, 0) is 21.4 Å². The number of benzene rings is 2. The minimum atomic E-state index is -3.65. The van der Waals surface area contributed by atoms with Gasteiger partial charge in [-0.25, -0.2) is 8.42 Å². The number of rotatable bonds is 11. The van der Waals surface area contributed by atoms with Crippen molar-refractivity contribution in [3.63, 3.8) is 0 Å². The SMILES string of the molecule is CCN(CC)c1ccc(S(=O)(=O)N(CC)CC)cc1NC(=O)c1cccc(COC)c1. The molecule has 0 saturated carbocycles. The summed E-state index contributed by atoms with van der Waals surface area (Å²) < 4.78 is 32.6. The topological polar surface area (TPSA) is 79.0 Å². The van der Waals surface area contributed by atoms with Crippen molar-refractivity contribution in [2.24, 2.45) is 0 Å². The first-order valence-electron chi connectivity index (χ1n) is 10.6. The number of sulfonamides is 1. The van der Waals surface area contributed by atoms with Gasteiger partial charge in [-0.05, 0) is 49.7 Å². The first-order chi connectivity index (χ1) is 14.8. The number of hydrogen-bond acceptors (Lipinski definition) is 5. The summed E-state index contributed by atoms with van der Waals surface area (Å²) in [5.41, 5.74) is 2.62. The van der Waals surface area contributed by atoms with Gasteiger partial charge in [-0.3, -0.25) is 4.79 Å². The highest BCUT2D eigenvalue weighted by atomic mass is 32.2. The Morgan fingerprint density at radius 2 is 1.65 bits per heavy atom. The fraction of sp³-hybridized carbons (Fsp3) is 0.435. The van der Waals surface area contributed by atoms with Crippen molar-refractivity contribution in [1.29, 1.82) is 0 Å². The zero-order chi connectivity index (χ0) is 23.0. The maximum Gasteiger partial charge on any atom is 0.255 e. The lowest BCUT2D eigenvalue weighted by Crippen LogP contribution is -2.31. The van der Waals surface area contributed by atoms with E-state index in [-0.39, 0.29) is 10.8 Å². The maximum atomic E-state index is 13.0. The monoisotopic (exact) mass is 447 g/mol. The highest BCUT2D eigenvalue weighted by molar-refractivity contribution is 7.89. The summed E-state index contributed by atoms with van der Waals surface area (Å²) in [6.07, 6.45) is 0. The molecule has 0 aliphatic heterocycles. The van der Waals surface area contributed by atoms with E-state index in [4.69, 9.17) is 4.74 Å². The Bertz CT molecular complexity index is 984. The molecule has 0 atom stereocenters. The molecule has 0 unspecified atom stereocenters. The predicted octanol–water partition coefficient (Wildman–Crippen LogP) is 3.96. The second-order valence-electron chi connectivity index (χ2n) is 7.03. The molecule has 170 valence electrons. The number of carbonyl (C=O) groups is 1. The number of nitrogens with one attached hydrogen (secondary N) is 1. The second kappa shape index (κ2) is 11.3. The number of carbonyl (C=O) groups excluding carboxylic acids is 1. The summed E-state index contributed by atoms with van der Waals surface area (Å²) in [7, 11) is -2.04. The molecule has 0 spiro atoms. The zero-order valence-electron chi connectivity index (χ0n) is 19.0. The van der Waals surface area contributed by atoms with Crippen LogP contribution < -0.4 is 10.2 Å². The number of ether oxygens (including phenoxy) is 1. The largest absolute Gasteiger partial charge is 0.380 e. The molecule has 0 heterocycles. The van der Waals surface area contributed by atoms with E-state index in [1.165, 1.54) is 4.31 Å². The van der Waals surface area contributed by atoms with Gasteiger partial charge in [0.25, 0.3) is 5.91 Å². The molecular formula is C23H33N3O4S. The van der Waals surface area contributed by atoms with Gasteiger partial charge >= 0.3 is 0 Å². The molecule has 31 heavy (non-hydrogen) atoms. The van der Waals surface area contributed by atoms with Crippen LogP contribution in [0.15, 0.2) is 47.4 Å². The van der Waals surface area contributed by atoms with Crippen LogP contribution in [0.4, 0.5) is 11.4 Å². The molecule has 0 aliphatic rings. The Kier molecular flexibility index (Phi) is 9.03.